The normalized spacial score (nSPS) is 15.9. The van der Waals surface area contributed by atoms with Gasteiger partial charge in [-0.25, -0.2) is 0 Å². The summed E-state index contributed by atoms with van der Waals surface area (Å²) >= 11 is 6.10. The van der Waals surface area contributed by atoms with Crippen LogP contribution >= 0.6 is 11.6 Å². The Morgan fingerprint density at radius 2 is 1.93 bits per heavy atom. The zero-order chi connectivity index (χ0) is 20.8. The number of halogens is 1. The fraction of sp³-hybridized carbons (Fsp3) is 0.500. The number of rotatable bonds is 7. The number of nitrogens with one attached hydrogen (secondary N) is 3. The quantitative estimate of drug-likeness (QED) is 0.617. The van der Waals surface area contributed by atoms with Crippen molar-refractivity contribution in [3.63, 3.8) is 0 Å². The summed E-state index contributed by atoms with van der Waals surface area (Å²) in [5.41, 5.74) is 1.38. The van der Waals surface area contributed by atoms with Crippen molar-refractivity contribution >= 4 is 29.2 Å². The molecule has 1 heterocycles. The highest BCUT2D eigenvalue weighted by Gasteiger charge is 2.26. The van der Waals surface area contributed by atoms with Gasteiger partial charge in [0.2, 0.25) is 5.91 Å². The fourth-order valence-corrected chi connectivity index (χ4v) is 4.06. The number of aromatic nitrogens is 2. The van der Waals surface area contributed by atoms with E-state index in [9.17, 15) is 9.59 Å². The number of hydrogen-bond donors (Lipinski definition) is 3. The van der Waals surface area contributed by atoms with Gasteiger partial charge >= 0.3 is 0 Å². The molecule has 6 nitrogen and oxygen atoms in total. The van der Waals surface area contributed by atoms with E-state index in [1.165, 1.54) is 32.1 Å². The standard InChI is InChI=1S/C22H29ClN4O2/c1-14(2)20(25-21(28)17-10-6-7-11-18(17)23)22(29)24-19-13-16(26-27-19)12-15-8-4-3-5-9-15/h6-7,10-11,13-15,20H,3-5,8-9,12H2,1-2H3,(H,25,28)(H2,24,26,27,29). The Bertz CT molecular complexity index is 843. The van der Waals surface area contributed by atoms with E-state index in [0.717, 1.165) is 12.1 Å². The Labute approximate surface area is 176 Å². The van der Waals surface area contributed by atoms with Gasteiger partial charge in [0.15, 0.2) is 5.82 Å². The van der Waals surface area contributed by atoms with Gasteiger partial charge in [-0.1, -0.05) is 69.7 Å². The summed E-state index contributed by atoms with van der Waals surface area (Å²) in [6, 6.07) is 7.98. The molecule has 29 heavy (non-hydrogen) atoms. The highest BCUT2D eigenvalue weighted by Crippen LogP contribution is 2.26. The molecule has 1 saturated carbocycles. The first-order chi connectivity index (χ1) is 13.9. The number of hydrogen-bond acceptors (Lipinski definition) is 3. The third kappa shape index (κ3) is 5.82. The average molecular weight is 417 g/mol. The van der Waals surface area contributed by atoms with Crippen molar-refractivity contribution in [1.82, 2.24) is 15.5 Å². The molecule has 1 fully saturated rings. The molecule has 0 saturated heterocycles. The molecule has 1 aliphatic carbocycles. The molecular weight excluding hydrogens is 388 g/mol. The van der Waals surface area contributed by atoms with Crippen LogP contribution in [-0.2, 0) is 11.2 Å². The Kier molecular flexibility index (Phi) is 7.31. The van der Waals surface area contributed by atoms with Crippen molar-refractivity contribution in [2.75, 3.05) is 5.32 Å². The molecule has 0 spiro atoms. The number of nitrogens with zero attached hydrogens (tertiary/aromatic N) is 1. The molecule has 0 radical (unpaired) electrons. The van der Waals surface area contributed by atoms with E-state index in [1.54, 1.807) is 24.3 Å². The molecule has 3 N–H and O–H groups in total. The van der Waals surface area contributed by atoms with Crippen molar-refractivity contribution in [3.05, 3.63) is 46.6 Å². The molecule has 1 atom stereocenters. The van der Waals surface area contributed by atoms with Gasteiger partial charge < -0.3 is 10.6 Å². The lowest BCUT2D eigenvalue weighted by Crippen LogP contribution is -2.47. The van der Waals surface area contributed by atoms with Gasteiger partial charge in [-0.15, -0.1) is 0 Å². The number of amides is 2. The number of anilines is 1. The molecule has 2 aromatic rings. The second-order valence-electron chi connectivity index (χ2n) is 8.15. The first kappa shape index (κ1) is 21.4. The summed E-state index contributed by atoms with van der Waals surface area (Å²) < 4.78 is 0. The van der Waals surface area contributed by atoms with E-state index in [-0.39, 0.29) is 17.7 Å². The fourth-order valence-electron chi connectivity index (χ4n) is 3.84. The smallest absolute Gasteiger partial charge is 0.253 e. The van der Waals surface area contributed by atoms with E-state index in [0.29, 0.717) is 22.3 Å². The first-order valence-corrected chi connectivity index (χ1v) is 10.7. The third-order valence-corrected chi connectivity index (χ3v) is 5.80. The van der Waals surface area contributed by atoms with Crippen LogP contribution in [0.5, 0.6) is 0 Å². The second kappa shape index (κ2) is 9.92. The maximum Gasteiger partial charge on any atom is 0.253 e. The zero-order valence-electron chi connectivity index (χ0n) is 17.0. The summed E-state index contributed by atoms with van der Waals surface area (Å²) in [5.74, 6) is 0.409. The summed E-state index contributed by atoms with van der Waals surface area (Å²) in [7, 11) is 0. The molecular formula is C22H29ClN4O2. The Morgan fingerprint density at radius 1 is 1.21 bits per heavy atom. The van der Waals surface area contributed by atoms with Crippen LogP contribution < -0.4 is 10.6 Å². The van der Waals surface area contributed by atoms with Crippen LogP contribution in [0.15, 0.2) is 30.3 Å². The third-order valence-electron chi connectivity index (χ3n) is 5.47. The monoisotopic (exact) mass is 416 g/mol. The van der Waals surface area contributed by atoms with Gasteiger partial charge in [0, 0.05) is 11.8 Å². The van der Waals surface area contributed by atoms with Gasteiger partial charge in [0.25, 0.3) is 5.91 Å². The van der Waals surface area contributed by atoms with Gasteiger partial charge in [-0.05, 0) is 30.4 Å². The SMILES string of the molecule is CC(C)C(NC(=O)c1ccccc1Cl)C(=O)Nc1cc(CC2CCCCC2)[nH]n1. The summed E-state index contributed by atoms with van der Waals surface area (Å²) in [6.07, 6.45) is 7.39. The lowest BCUT2D eigenvalue weighted by Gasteiger charge is -2.21. The maximum absolute atomic E-state index is 12.8. The Balaban J connectivity index is 1.61. The van der Waals surface area contributed by atoms with Gasteiger partial charge in [-0.2, -0.15) is 5.10 Å². The molecule has 3 rings (SSSR count). The maximum atomic E-state index is 12.8. The minimum absolute atomic E-state index is 0.0953. The number of H-pyrrole nitrogens is 1. The molecule has 156 valence electrons. The summed E-state index contributed by atoms with van der Waals surface area (Å²) in [6.45, 7) is 3.77. The van der Waals surface area contributed by atoms with Crippen LogP contribution in [0.1, 0.15) is 62.0 Å². The van der Waals surface area contributed by atoms with E-state index < -0.39 is 6.04 Å². The molecule has 2 amide bonds. The van der Waals surface area contributed by atoms with Crippen molar-refractivity contribution < 1.29 is 9.59 Å². The van der Waals surface area contributed by atoms with Crippen LogP contribution in [0, 0.1) is 11.8 Å². The van der Waals surface area contributed by atoms with Crippen molar-refractivity contribution in [3.8, 4) is 0 Å². The van der Waals surface area contributed by atoms with Crippen LogP contribution in [0.2, 0.25) is 5.02 Å². The van der Waals surface area contributed by atoms with Crippen molar-refractivity contribution in [2.45, 2.75) is 58.4 Å². The van der Waals surface area contributed by atoms with Crippen LogP contribution in [0.25, 0.3) is 0 Å². The lowest BCUT2D eigenvalue weighted by atomic mass is 9.86. The molecule has 1 aliphatic rings. The first-order valence-electron chi connectivity index (χ1n) is 10.3. The van der Waals surface area contributed by atoms with Gasteiger partial charge in [-0.3, -0.25) is 14.7 Å². The van der Waals surface area contributed by atoms with Crippen LogP contribution in [0.3, 0.4) is 0 Å². The number of carbonyl (C=O) groups excluding carboxylic acids is 2. The van der Waals surface area contributed by atoms with E-state index in [1.807, 2.05) is 19.9 Å². The molecule has 1 aromatic carbocycles. The minimum Gasteiger partial charge on any atom is -0.340 e. The highest BCUT2D eigenvalue weighted by molar-refractivity contribution is 6.33. The zero-order valence-corrected chi connectivity index (χ0v) is 17.8. The Hall–Kier alpha value is -2.34. The predicted molar refractivity (Wildman–Crippen MR) is 115 cm³/mol. The van der Waals surface area contributed by atoms with E-state index in [4.69, 9.17) is 11.6 Å². The molecule has 0 aliphatic heterocycles. The molecule has 1 unspecified atom stereocenters. The van der Waals surface area contributed by atoms with E-state index in [2.05, 4.69) is 20.8 Å². The lowest BCUT2D eigenvalue weighted by molar-refractivity contribution is -0.118. The van der Waals surface area contributed by atoms with Gasteiger partial charge in [0.1, 0.15) is 6.04 Å². The van der Waals surface area contributed by atoms with Crippen LogP contribution in [-0.4, -0.2) is 28.1 Å². The van der Waals surface area contributed by atoms with Gasteiger partial charge in [0.05, 0.1) is 10.6 Å². The average Bonchev–Trinajstić information content (AvgIpc) is 3.13. The molecule has 1 aromatic heterocycles. The molecule has 0 bridgehead atoms. The number of carbonyl (C=O) groups is 2. The molecule has 7 heteroatoms. The summed E-state index contributed by atoms with van der Waals surface area (Å²) in [4.78, 5) is 25.4. The topological polar surface area (TPSA) is 86.9 Å². The Morgan fingerprint density at radius 3 is 2.62 bits per heavy atom. The minimum atomic E-state index is -0.697. The predicted octanol–water partition coefficient (Wildman–Crippen LogP) is 4.58. The van der Waals surface area contributed by atoms with E-state index >= 15 is 0 Å². The highest BCUT2D eigenvalue weighted by atomic mass is 35.5. The van der Waals surface area contributed by atoms with Crippen molar-refractivity contribution in [2.24, 2.45) is 11.8 Å². The summed E-state index contributed by atoms with van der Waals surface area (Å²) in [5, 5.41) is 13.2. The van der Waals surface area contributed by atoms with Crippen LogP contribution in [0.4, 0.5) is 5.82 Å². The number of benzene rings is 1. The van der Waals surface area contributed by atoms with Crippen molar-refractivity contribution in [1.29, 1.82) is 0 Å². The second-order valence-corrected chi connectivity index (χ2v) is 8.56. The largest absolute Gasteiger partial charge is 0.340 e. The number of aromatic amines is 1.